The highest BCUT2D eigenvalue weighted by Crippen LogP contribution is 2.27. The number of aromatic nitrogens is 2. The van der Waals surface area contributed by atoms with Crippen molar-refractivity contribution in [1.29, 1.82) is 0 Å². The molecule has 20 heavy (non-hydrogen) atoms. The highest BCUT2D eigenvalue weighted by molar-refractivity contribution is 5.51. The molecule has 1 N–H and O–H groups in total. The van der Waals surface area contributed by atoms with Gasteiger partial charge in [-0.2, -0.15) is 4.98 Å². The lowest BCUT2D eigenvalue weighted by Gasteiger charge is -2.29. The van der Waals surface area contributed by atoms with E-state index in [1.54, 1.807) is 12.5 Å². The molecular formula is C14H19N3O3. The fraction of sp³-hybridized carbons (Fsp3) is 0.571. The van der Waals surface area contributed by atoms with Crippen molar-refractivity contribution in [2.45, 2.75) is 31.7 Å². The topological polar surface area (TPSA) is 73.3 Å². The molecule has 6 heteroatoms. The normalized spacial score (nSPS) is 23.1. The minimum absolute atomic E-state index is 0.114. The van der Waals surface area contributed by atoms with E-state index in [4.69, 9.17) is 13.7 Å². The van der Waals surface area contributed by atoms with Gasteiger partial charge in [-0.05, 0) is 25.5 Å². The van der Waals surface area contributed by atoms with Crippen LogP contribution >= 0.6 is 0 Å². The Morgan fingerprint density at radius 2 is 2.40 bits per heavy atom. The molecule has 3 heterocycles. The number of rotatable bonds is 5. The van der Waals surface area contributed by atoms with Gasteiger partial charge in [-0.1, -0.05) is 12.1 Å². The van der Waals surface area contributed by atoms with Crippen molar-refractivity contribution in [2.24, 2.45) is 0 Å². The molecule has 0 saturated carbocycles. The second-order valence-electron chi connectivity index (χ2n) is 5.00. The van der Waals surface area contributed by atoms with Gasteiger partial charge >= 0.3 is 0 Å². The minimum Gasteiger partial charge on any atom is -0.472 e. The summed E-state index contributed by atoms with van der Waals surface area (Å²) in [6.45, 7) is 4.55. The molecular weight excluding hydrogens is 258 g/mol. The summed E-state index contributed by atoms with van der Waals surface area (Å²) in [4.78, 5) is 4.48. The van der Waals surface area contributed by atoms with Crippen molar-refractivity contribution in [1.82, 2.24) is 15.5 Å². The van der Waals surface area contributed by atoms with E-state index in [-0.39, 0.29) is 5.92 Å². The number of hydrogen-bond donors (Lipinski definition) is 1. The summed E-state index contributed by atoms with van der Waals surface area (Å²) in [5, 5.41) is 7.56. The smallest absolute Gasteiger partial charge is 0.233 e. The summed E-state index contributed by atoms with van der Waals surface area (Å²) in [6.07, 6.45) is 5.28. The summed E-state index contributed by atoms with van der Waals surface area (Å²) >= 11 is 0. The van der Waals surface area contributed by atoms with Crippen molar-refractivity contribution < 1.29 is 13.7 Å². The van der Waals surface area contributed by atoms with Crippen LogP contribution < -0.4 is 5.32 Å². The molecule has 2 aromatic rings. The second-order valence-corrected chi connectivity index (χ2v) is 5.00. The van der Waals surface area contributed by atoms with Crippen molar-refractivity contribution in [2.75, 3.05) is 19.8 Å². The van der Waals surface area contributed by atoms with Gasteiger partial charge in [0.25, 0.3) is 0 Å². The molecule has 2 aromatic heterocycles. The van der Waals surface area contributed by atoms with E-state index in [9.17, 15) is 0 Å². The fourth-order valence-electron chi connectivity index (χ4n) is 2.45. The first-order valence-electron chi connectivity index (χ1n) is 7.05. The van der Waals surface area contributed by atoms with Crippen LogP contribution in [0, 0.1) is 0 Å². The molecule has 2 atom stereocenters. The molecule has 0 spiro atoms. The van der Waals surface area contributed by atoms with Crippen molar-refractivity contribution in [3.05, 3.63) is 24.5 Å². The van der Waals surface area contributed by atoms with Crippen LogP contribution in [0.2, 0.25) is 0 Å². The predicted molar refractivity (Wildman–Crippen MR) is 72.3 cm³/mol. The minimum atomic E-state index is 0.114. The average Bonchev–Trinajstić information content (AvgIpc) is 3.15. The quantitative estimate of drug-likeness (QED) is 0.903. The van der Waals surface area contributed by atoms with Gasteiger partial charge in [0.1, 0.15) is 6.26 Å². The van der Waals surface area contributed by atoms with E-state index in [1.807, 2.05) is 6.07 Å². The summed E-state index contributed by atoms with van der Waals surface area (Å²) in [7, 11) is 0. The highest BCUT2D eigenvalue weighted by atomic mass is 16.5. The molecule has 3 rings (SSSR count). The SMILES string of the molecule is CCCNC1CCOCC1c1nc(-c2ccoc2)no1. The fourth-order valence-corrected chi connectivity index (χ4v) is 2.45. The van der Waals surface area contributed by atoms with Crippen LogP contribution in [0.25, 0.3) is 11.4 Å². The van der Waals surface area contributed by atoms with Gasteiger partial charge in [-0.25, -0.2) is 0 Å². The number of hydrogen-bond acceptors (Lipinski definition) is 6. The van der Waals surface area contributed by atoms with Crippen LogP contribution in [0.15, 0.2) is 27.5 Å². The highest BCUT2D eigenvalue weighted by Gasteiger charge is 2.31. The molecule has 0 aliphatic carbocycles. The van der Waals surface area contributed by atoms with Crippen LogP contribution in [0.4, 0.5) is 0 Å². The van der Waals surface area contributed by atoms with Gasteiger partial charge < -0.3 is 19.0 Å². The average molecular weight is 277 g/mol. The van der Waals surface area contributed by atoms with Crippen LogP contribution in [-0.2, 0) is 4.74 Å². The van der Waals surface area contributed by atoms with E-state index in [2.05, 4.69) is 22.4 Å². The van der Waals surface area contributed by atoms with Crippen molar-refractivity contribution in [3.8, 4) is 11.4 Å². The van der Waals surface area contributed by atoms with E-state index in [0.29, 0.717) is 24.4 Å². The lowest BCUT2D eigenvalue weighted by Crippen LogP contribution is -2.41. The number of furan rings is 1. The maximum atomic E-state index is 5.56. The Kier molecular flexibility index (Phi) is 4.13. The first-order chi connectivity index (χ1) is 9.88. The monoisotopic (exact) mass is 277 g/mol. The van der Waals surface area contributed by atoms with E-state index < -0.39 is 0 Å². The molecule has 0 bridgehead atoms. The first kappa shape index (κ1) is 13.3. The van der Waals surface area contributed by atoms with Gasteiger partial charge in [0.15, 0.2) is 0 Å². The third kappa shape index (κ3) is 2.76. The Morgan fingerprint density at radius 1 is 1.45 bits per heavy atom. The standard InChI is InChI=1S/C14H19N3O3/c1-2-5-15-12-4-7-19-9-11(12)14-16-13(17-20-14)10-3-6-18-8-10/h3,6,8,11-12,15H,2,4-5,7,9H2,1H3. The summed E-state index contributed by atoms with van der Waals surface area (Å²) in [6, 6.07) is 2.15. The predicted octanol–water partition coefficient (Wildman–Crippen LogP) is 2.20. The summed E-state index contributed by atoms with van der Waals surface area (Å²) < 4.78 is 16.0. The van der Waals surface area contributed by atoms with Crippen LogP contribution in [-0.4, -0.2) is 35.9 Å². The van der Waals surface area contributed by atoms with Gasteiger partial charge in [0, 0.05) is 12.6 Å². The molecule has 1 aliphatic rings. The molecule has 0 radical (unpaired) electrons. The Morgan fingerprint density at radius 3 is 3.20 bits per heavy atom. The zero-order valence-corrected chi connectivity index (χ0v) is 11.5. The third-order valence-electron chi connectivity index (χ3n) is 3.55. The van der Waals surface area contributed by atoms with Crippen LogP contribution in [0.1, 0.15) is 31.6 Å². The lowest BCUT2D eigenvalue weighted by atomic mass is 9.95. The van der Waals surface area contributed by atoms with Gasteiger partial charge in [0.05, 0.1) is 24.4 Å². The van der Waals surface area contributed by atoms with Crippen molar-refractivity contribution in [3.63, 3.8) is 0 Å². The maximum Gasteiger partial charge on any atom is 0.233 e. The largest absolute Gasteiger partial charge is 0.472 e. The van der Waals surface area contributed by atoms with Crippen LogP contribution in [0.3, 0.4) is 0 Å². The molecule has 2 unspecified atom stereocenters. The van der Waals surface area contributed by atoms with E-state index in [0.717, 1.165) is 31.6 Å². The zero-order valence-electron chi connectivity index (χ0n) is 11.5. The Labute approximate surface area is 117 Å². The molecule has 1 fully saturated rings. The number of nitrogens with one attached hydrogen (secondary N) is 1. The molecule has 6 nitrogen and oxygen atoms in total. The summed E-state index contributed by atoms with van der Waals surface area (Å²) in [5.41, 5.74) is 0.829. The third-order valence-corrected chi connectivity index (χ3v) is 3.55. The first-order valence-corrected chi connectivity index (χ1v) is 7.05. The Bertz CT molecular complexity index is 524. The summed E-state index contributed by atoms with van der Waals surface area (Å²) in [5.74, 6) is 1.31. The van der Waals surface area contributed by atoms with Crippen LogP contribution in [0.5, 0.6) is 0 Å². The Hall–Kier alpha value is -1.66. The number of nitrogens with zero attached hydrogens (tertiary/aromatic N) is 2. The van der Waals surface area contributed by atoms with Crippen molar-refractivity contribution >= 4 is 0 Å². The molecule has 0 amide bonds. The molecule has 1 saturated heterocycles. The zero-order chi connectivity index (χ0) is 13.8. The molecule has 0 aromatic carbocycles. The van der Waals surface area contributed by atoms with E-state index >= 15 is 0 Å². The number of ether oxygens (including phenoxy) is 1. The van der Waals surface area contributed by atoms with E-state index in [1.165, 1.54) is 0 Å². The van der Waals surface area contributed by atoms with Gasteiger partial charge in [0.2, 0.25) is 11.7 Å². The molecule has 1 aliphatic heterocycles. The maximum absolute atomic E-state index is 5.56. The lowest BCUT2D eigenvalue weighted by molar-refractivity contribution is 0.0498. The Balaban J connectivity index is 1.76. The van der Waals surface area contributed by atoms with Gasteiger partial charge in [-0.15, -0.1) is 0 Å². The molecule has 108 valence electrons. The van der Waals surface area contributed by atoms with Gasteiger partial charge in [-0.3, -0.25) is 0 Å². The second kappa shape index (κ2) is 6.19.